The van der Waals surface area contributed by atoms with Gasteiger partial charge in [-0.15, -0.1) is 9.24 Å². The van der Waals surface area contributed by atoms with E-state index in [1.165, 1.54) is 23.7 Å². The summed E-state index contributed by atoms with van der Waals surface area (Å²) < 4.78 is 6.94. The molecule has 6 rings (SSSR count). The minimum atomic E-state index is -0.999. The van der Waals surface area contributed by atoms with E-state index in [-0.39, 0.29) is 74.3 Å². The Balaban J connectivity index is 0.00000353. The number of carbonyl (C=O) groups is 1. The topological polar surface area (TPSA) is 130 Å². The molecule has 12 heteroatoms. The summed E-state index contributed by atoms with van der Waals surface area (Å²) in [6, 6.07) is 0. The van der Waals surface area contributed by atoms with Gasteiger partial charge in [0.05, 0.1) is 11.9 Å². The summed E-state index contributed by atoms with van der Waals surface area (Å²) >= 11 is 5.57. The number of aliphatic hydroxyl groups is 1. The zero-order valence-electron chi connectivity index (χ0n) is 24.5. The number of nitrogens with zero attached hydrogens (tertiary/aromatic N) is 2. The third-order valence-electron chi connectivity index (χ3n) is 12.1. The molecule has 9 nitrogen and oxygen atoms in total. The van der Waals surface area contributed by atoms with Crippen LogP contribution in [0.4, 0.5) is 0 Å². The molecule has 4 saturated carbocycles. The number of ether oxygens (including phenoxy) is 1. The monoisotopic (exact) mass is 742 g/mol. The van der Waals surface area contributed by atoms with Gasteiger partial charge in [-0.1, -0.05) is 26.7 Å². The Bertz CT molecular complexity index is 1530. The number of fused-ring (bicyclic) bond motifs is 6. The molecule has 2 heterocycles. The Morgan fingerprint density at radius 3 is 2.71 bits per heavy atom. The summed E-state index contributed by atoms with van der Waals surface area (Å²) in [5, 5.41) is 12.2. The first-order valence-electron chi connectivity index (χ1n) is 14.8. The molecule has 0 bridgehead atoms. The summed E-state index contributed by atoms with van der Waals surface area (Å²) in [4.78, 5) is 45.4. The number of imidazole rings is 1. The molecular formula is C30H42N4O5PPrS-. The summed E-state index contributed by atoms with van der Waals surface area (Å²) in [5.74, 6) is 0.671. The molecule has 0 spiro atoms. The van der Waals surface area contributed by atoms with E-state index in [2.05, 4.69) is 51.0 Å². The van der Waals surface area contributed by atoms with E-state index in [0.717, 1.165) is 32.1 Å². The number of rotatable bonds is 5. The van der Waals surface area contributed by atoms with Gasteiger partial charge >= 0.3 is 11.7 Å². The number of esters is 1. The van der Waals surface area contributed by atoms with Crippen LogP contribution in [0.1, 0.15) is 78.1 Å². The Hall–Kier alpha value is -0.666. The van der Waals surface area contributed by atoms with Crippen molar-refractivity contribution in [1.29, 1.82) is 0 Å². The van der Waals surface area contributed by atoms with Crippen LogP contribution in [0.5, 0.6) is 0 Å². The first kappa shape index (κ1) is 32.7. The zero-order chi connectivity index (χ0) is 29.4. The number of aromatic nitrogens is 4. The van der Waals surface area contributed by atoms with E-state index in [1.807, 2.05) is 6.08 Å². The predicted molar refractivity (Wildman–Crippen MR) is 164 cm³/mol. The van der Waals surface area contributed by atoms with Crippen molar-refractivity contribution < 1.29 is 55.9 Å². The van der Waals surface area contributed by atoms with Gasteiger partial charge in [0.25, 0.3) is 5.56 Å². The van der Waals surface area contributed by atoms with Crippen molar-refractivity contribution >= 4 is 39.0 Å². The molecule has 3 N–H and O–H groups in total. The van der Waals surface area contributed by atoms with Crippen molar-refractivity contribution in [1.82, 2.24) is 19.5 Å². The molecule has 0 aliphatic heterocycles. The number of thiol groups is 1. The van der Waals surface area contributed by atoms with Crippen LogP contribution in [-0.2, 0) is 16.1 Å². The van der Waals surface area contributed by atoms with Gasteiger partial charge in [-0.25, -0.2) is 28.9 Å². The van der Waals surface area contributed by atoms with E-state index >= 15 is 0 Å². The van der Waals surface area contributed by atoms with Crippen LogP contribution in [0.25, 0.3) is 11.2 Å². The van der Waals surface area contributed by atoms with E-state index < -0.39 is 34.3 Å². The molecule has 2 aromatic heterocycles. The molecule has 4 fully saturated rings. The summed E-state index contributed by atoms with van der Waals surface area (Å²) in [5.41, 5.74) is -2.23. The number of H-pyrrole nitrogens is 2. The third kappa shape index (κ3) is 4.66. The van der Waals surface area contributed by atoms with Gasteiger partial charge in [-0.3, -0.25) is 19.6 Å². The average Bonchev–Trinajstić information content (AvgIpc) is 3.47. The van der Waals surface area contributed by atoms with Crippen LogP contribution >= 0.6 is 21.9 Å². The van der Waals surface area contributed by atoms with Crippen LogP contribution < -0.4 is 11.2 Å². The second-order valence-corrected chi connectivity index (χ2v) is 15.4. The molecule has 9 atom stereocenters. The Morgan fingerprint density at radius 1 is 1.21 bits per heavy atom. The number of hydrogen-bond donors (Lipinski definition) is 4. The van der Waals surface area contributed by atoms with Crippen molar-refractivity contribution in [3.63, 3.8) is 0 Å². The minimum absolute atomic E-state index is 0. The van der Waals surface area contributed by atoms with Crippen molar-refractivity contribution in [2.24, 2.45) is 22.7 Å². The summed E-state index contributed by atoms with van der Waals surface area (Å²) in [6.45, 7) is 8.42. The van der Waals surface area contributed by atoms with Gasteiger partial charge in [0.15, 0.2) is 5.52 Å². The normalized spacial score (nSPS) is 41.1. The van der Waals surface area contributed by atoms with Crippen LogP contribution in [0, 0.1) is 70.9 Å². The Morgan fingerprint density at radius 2 is 1.98 bits per heavy atom. The fourth-order valence-corrected chi connectivity index (χ4v) is 11.5. The molecule has 2 aromatic rings. The van der Waals surface area contributed by atoms with Crippen molar-refractivity contribution in [2.75, 3.05) is 0 Å². The van der Waals surface area contributed by atoms with Gasteiger partial charge in [0.2, 0.25) is 0 Å². The van der Waals surface area contributed by atoms with Gasteiger partial charge < -0.3 is 14.4 Å². The second kappa shape index (κ2) is 11.3. The smallest absolute Gasteiger partial charge is 0.327 e. The van der Waals surface area contributed by atoms with Crippen LogP contribution in [0.2, 0.25) is 0 Å². The number of carbonyl (C=O) groups excluding carboxylic acids is 1. The largest absolute Gasteiger partial charge is 0.461 e. The fourth-order valence-electron chi connectivity index (χ4n) is 9.66. The number of hydrogen-bond acceptors (Lipinski definition) is 7. The molecule has 4 aliphatic carbocycles. The average molecular weight is 743 g/mol. The molecule has 0 amide bonds. The number of aromatic amines is 2. The molecular weight excluding hydrogens is 700 g/mol. The minimum Gasteiger partial charge on any atom is -0.461 e. The van der Waals surface area contributed by atoms with Crippen LogP contribution in [0.15, 0.2) is 28.1 Å². The van der Waals surface area contributed by atoms with Gasteiger partial charge in [0, 0.05) is 63.0 Å². The van der Waals surface area contributed by atoms with Crippen molar-refractivity contribution in [3.8, 4) is 0 Å². The molecule has 227 valence electrons. The third-order valence-corrected chi connectivity index (χ3v) is 14.6. The van der Waals surface area contributed by atoms with Gasteiger partial charge in [0.1, 0.15) is 18.3 Å². The maximum Gasteiger partial charge on any atom is 0.327 e. The molecule has 0 aromatic carbocycles. The molecule has 1 radical (unpaired) electrons. The number of allylic oxidation sites excluding steroid dienone is 2. The first-order chi connectivity index (χ1) is 19.3. The van der Waals surface area contributed by atoms with Crippen molar-refractivity contribution in [3.05, 3.63) is 46.2 Å². The quantitative estimate of drug-likeness (QED) is 0.159. The summed E-state index contributed by atoms with van der Waals surface area (Å²) in [6.07, 6.45) is 13.8. The van der Waals surface area contributed by atoms with Crippen LogP contribution in [0.3, 0.4) is 0 Å². The maximum absolute atomic E-state index is 13.0. The standard InChI is InChI=1S/C30H42N4O5PS.Pr/c1-4-5-6-18-7-8-20-26(18,2)11-14-30(41)27(3)10-9-19(15-28(27,38)12-13-29(20,30)40)39-21(35)16-34-17-31-22-23(34)32-25(37)33-24(22)36;/h4-5,17-20,38,41H,1,6-16,40H2,2-3H3,(H2,32,33,36,37);/q-1;/b5-4+;/t18?,19?,20?,26?,27?,28-,29?,30?;/m1./s1. The second-order valence-electron chi connectivity index (χ2n) is 13.6. The van der Waals surface area contributed by atoms with E-state index in [0.29, 0.717) is 31.1 Å². The number of nitrogens with one attached hydrogen (secondary N) is 2. The van der Waals surface area contributed by atoms with Crippen LogP contribution in [-0.4, -0.2) is 52.2 Å². The fraction of sp³-hybridized carbons (Fsp3) is 0.700. The zero-order valence-corrected chi connectivity index (χ0v) is 30.3. The summed E-state index contributed by atoms with van der Waals surface area (Å²) in [7, 11) is 3.29. The van der Waals surface area contributed by atoms with E-state index in [4.69, 9.17) is 17.4 Å². The molecule has 4 aliphatic rings. The first-order valence-corrected chi connectivity index (χ1v) is 15.9. The maximum atomic E-state index is 13.0. The Labute approximate surface area is 287 Å². The molecule has 0 saturated heterocycles. The molecule has 42 heavy (non-hydrogen) atoms. The predicted octanol–water partition coefficient (Wildman–Crippen LogP) is 3.93. The van der Waals surface area contributed by atoms with Crippen molar-refractivity contribution in [2.45, 2.75) is 106 Å². The van der Waals surface area contributed by atoms with E-state index in [1.54, 1.807) is 0 Å². The SMILES string of the molecule is [CH2-]/C=C/CC1CCC2C1(C)CCC1(S)C2(P)CC[C@@]2(O)CC(OC(=O)Cn3cnc4c(=O)[nH]c(=O)[nH]c43)CCC12C.[Pr]. The van der Waals surface area contributed by atoms with E-state index in [9.17, 15) is 19.5 Å². The molecule has 8 unspecified atom stereocenters. The van der Waals surface area contributed by atoms with Gasteiger partial charge in [-0.2, -0.15) is 12.6 Å². The Kier molecular flexibility index (Phi) is 8.80. The van der Waals surface area contributed by atoms with Gasteiger partial charge in [-0.05, 0) is 62.2 Å².